The van der Waals surface area contributed by atoms with Gasteiger partial charge in [0.05, 0.1) is 5.69 Å². The SMILES string of the molecule is CCc1nnsc1C(=O)NCc1cccnc1OCc1ccccc1. The van der Waals surface area contributed by atoms with Gasteiger partial charge in [0, 0.05) is 18.3 Å². The van der Waals surface area contributed by atoms with Crippen LogP contribution in [0.1, 0.15) is 33.4 Å². The molecule has 128 valence electrons. The summed E-state index contributed by atoms with van der Waals surface area (Å²) in [7, 11) is 0. The first-order chi connectivity index (χ1) is 12.3. The maximum Gasteiger partial charge on any atom is 0.265 e. The van der Waals surface area contributed by atoms with Gasteiger partial charge in [-0.25, -0.2) is 4.98 Å². The quantitative estimate of drug-likeness (QED) is 0.706. The van der Waals surface area contributed by atoms with Crippen molar-refractivity contribution in [2.45, 2.75) is 26.5 Å². The number of hydrogen-bond acceptors (Lipinski definition) is 6. The van der Waals surface area contributed by atoms with Crippen LogP contribution >= 0.6 is 11.5 Å². The molecule has 2 aromatic heterocycles. The maximum absolute atomic E-state index is 12.3. The van der Waals surface area contributed by atoms with Crippen LogP contribution in [0.4, 0.5) is 0 Å². The van der Waals surface area contributed by atoms with Crippen molar-refractivity contribution in [1.29, 1.82) is 0 Å². The van der Waals surface area contributed by atoms with Gasteiger partial charge in [-0.05, 0) is 29.6 Å². The molecule has 0 atom stereocenters. The normalized spacial score (nSPS) is 10.4. The molecule has 0 spiro atoms. The number of benzene rings is 1. The Balaban J connectivity index is 1.64. The highest BCUT2D eigenvalue weighted by atomic mass is 32.1. The Bertz CT molecular complexity index is 836. The number of nitrogens with one attached hydrogen (secondary N) is 1. The lowest BCUT2D eigenvalue weighted by Crippen LogP contribution is -2.23. The molecule has 0 aliphatic heterocycles. The summed E-state index contributed by atoms with van der Waals surface area (Å²) in [5.74, 6) is 0.342. The van der Waals surface area contributed by atoms with E-state index in [-0.39, 0.29) is 5.91 Å². The number of pyridine rings is 1. The number of hydrogen-bond donors (Lipinski definition) is 1. The minimum atomic E-state index is -0.176. The first kappa shape index (κ1) is 17.0. The first-order valence-electron chi connectivity index (χ1n) is 7.98. The van der Waals surface area contributed by atoms with E-state index >= 15 is 0 Å². The molecule has 0 aliphatic rings. The topological polar surface area (TPSA) is 77.0 Å². The van der Waals surface area contributed by atoms with Crippen molar-refractivity contribution >= 4 is 17.4 Å². The highest BCUT2D eigenvalue weighted by Crippen LogP contribution is 2.17. The van der Waals surface area contributed by atoms with Crippen LogP contribution in [0.5, 0.6) is 5.88 Å². The van der Waals surface area contributed by atoms with Crippen LogP contribution in [-0.2, 0) is 19.6 Å². The molecule has 2 heterocycles. The third kappa shape index (κ3) is 4.39. The number of rotatable bonds is 7. The Morgan fingerprint density at radius 2 is 2.04 bits per heavy atom. The molecule has 0 fully saturated rings. The van der Waals surface area contributed by atoms with Crippen LogP contribution in [0.3, 0.4) is 0 Å². The van der Waals surface area contributed by atoms with Crippen LogP contribution in [0.15, 0.2) is 48.7 Å². The van der Waals surface area contributed by atoms with Crippen molar-refractivity contribution in [3.63, 3.8) is 0 Å². The van der Waals surface area contributed by atoms with E-state index in [2.05, 4.69) is 19.9 Å². The first-order valence-corrected chi connectivity index (χ1v) is 8.75. The molecule has 25 heavy (non-hydrogen) atoms. The van der Waals surface area contributed by atoms with E-state index < -0.39 is 0 Å². The average Bonchev–Trinajstić information content (AvgIpc) is 3.15. The summed E-state index contributed by atoms with van der Waals surface area (Å²) in [5.41, 5.74) is 2.60. The number of aromatic nitrogens is 3. The molecule has 0 saturated carbocycles. The van der Waals surface area contributed by atoms with Crippen molar-refractivity contribution < 1.29 is 9.53 Å². The summed E-state index contributed by atoms with van der Waals surface area (Å²) < 4.78 is 9.65. The number of amides is 1. The van der Waals surface area contributed by atoms with Crippen LogP contribution in [0.25, 0.3) is 0 Å². The van der Waals surface area contributed by atoms with Crippen molar-refractivity contribution in [1.82, 2.24) is 19.9 Å². The predicted octanol–water partition coefficient (Wildman–Crippen LogP) is 3.00. The minimum Gasteiger partial charge on any atom is -0.473 e. The van der Waals surface area contributed by atoms with Gasteiger partial charge in [-0.3, -0.25) is 4.79 Å². The monoisotopic (exact) mass is 354 g/mol. The Hall–Kier alpha value is -2.80. The van der Waals surface area contributed by atoms with Gasteiger partial charge >= 0.3 is 0 Å². The van der Waals surface area contributed by atoms with Gasteiger partial charge in [0.2, 0.25) is 5.88 Å². The van der Waals surface area contributed by atoms with Crippen LogP contribution < -0.4 is 10.1 Å². The molecule has 0 bridgehead atoms. The van der Waals surface area contributed by atoms with E-state index in [9.17, 15) is 4.79 Å². The van der Waals surface area contributed by atoms with Crippen molar-refractivity contribution in [3.8, 4) is 5.88 Å². The molecule has 0 saturated heterocycles. The molecular weight excluding hydrogens is 336 g/mol. The molecule has 6 nitrogen and oxygen atoms in total. The van der Waals surface area contributed by atoms with Gasteiger partial charge in [-0.2, -0.15) is 0 Å². The fourth-order valence-electron chi connectivity index (χ4n) is 2.28. The summed E-state index contributed by atoms with van der Waals surface area (Å²) in [5, 5.41) is 6.85. The largest absolute Gasteiger partial charge is 0.473 e. The highest BCUT2D eigenvalue weighted by Gasteiger charge is 2.15. The third-order valence-corrected chi connectivity index (χ3v) is 4.37. The number of nitrogens with zero attached hydrogens (tertiary/aromatic N) is 3. The Labute approximate surface area is 150 Å². The number of carbonyl (C=O) groups is 1. The lowest BCUT2D eigenvalue weighted by molar-refractivity contribution is 0.0953. The second-order valence-electron chi connectivity index (χ2n) is 5.33. The van der Waals surface area contributed by atoms with Crippen LogP contribution in [0.2, 0.25) is 0 Å². The van der Waals surface area contributed by atoms with Gasteiger partial charge in [0.1, 0.15) is 11.5 Å². The zero-order chi connectivity index (χ0) is 17.5. The molecule has 1 N–H and O–H groups in total. The minimum absolute atomic E-state index is 0.176. The second-order valence-corrected chi connectivity index (χ2v) is 6.08. The zero-order valence-corrected chi connectivity index (χ0v) is 14.6. The number of ether oxygens (including phenoxy) is 1. The molecule has 1 amide bonds. The Kier molecular flexibility index (Phi) is 5.69. The van der Waals surface area contributed by atoms with Crippen molar-refractivity contribution in [3.05, 3.63) is 70.4 Å². The van der Waals surface area contributed by atoms with Crippen LogP contribution in [-0.4, -0.2) is 20.5 Å². The smallest absolute Gasteiger partial charge is 0.265 e. The standard InChI is InChI=1S/C18H18N4O2S/c1-2-15-16(25-22-21-15)17(23)20-11-14-9-6-10-19-18(14)24-12-13-7-4-3-5-8-13/h3-10H,2,11-12H2,1H3,(H,20,23). The van der Waals surface area contributed by atoms with Crippen molar-refractivity contribution in [2.75, 3.05) is 0 Å². The zero-order valence-electron chi connectivity index (χ0n) is 13.8. The highest BCUT2D eigenvalue weighted by molar-refractivity contribution is 7.08. The summed E-state index contributed by atoms with van der Waals surface area (Å²) in [4.78, 5) is 17.1. The van der Waals surface area contributed by atoms with E-state index in [1.807, 2.05) is 49.4 Å². The van der Waals surface area contributed by atoms with E-state index in [0.717, 1.165) is 22.7 Å². The number of carbonyl (C=O) groups excluding carboxylic acids is 1. The average molecular weight is 354 g/mol. The second kappa shape index (κ2) is 8.34. The van der Waals surface area contributed by atoms with Gasteiger partial charge in [-0.15, -0.1) is 5.10 Å². The molecule has 3 aromatic rings. The van der Waals surface area contributed by atoms with Gasteiger partial charge < -0.3 is 10.1 Å². The summed E-state index contributed by atoms with van der Waals surface area (Å²) >= 11 is 1.11. The van der Waals surface area contributed by atoms with Crippen LogP contribution in [0, 0.1) is 0 Å². The molecule has 0 aliphatic carbocycles. The Morgan fingerprint density at radius 3 is 2.84 bits per heavy atom. The molecule has 7 heteroatoms. The third-order valence-electron chi connectivity index (χ3n) is 3.60. The van der Waals surface area contributed by atoms with E-state index in [0.29, 0.717) is 36.0 Å². The predicted molar refractivity (Wildman–Crippen MR) is 95.5 cm³/mol. The summed E-state index contributed by atoms with van der Waals surface area (Å²) in [6.07, 6.45) is 2.35. The van der Waals surface area contributed by atoms with E-state index in [4.69, 9.17) is 4.74 Å². The maximum atomic E-state index is 12.3. The van der Waals surface area contributed by atoms with Gasteiger partial charge in [0.15, 0.2) is 0 Å². The Morgan fingerprint density at radius 1 is 1.20 bits per heavy atom. The number of aryl methyl sites for hydroxylation is 1. The summed E-state index contributed by atoms with van der Waals surface area (Å²) in [6.45, 7) is 2.71. The van der Waals surface area contributed by atoms with E-state index in [1.54, 1.807) is 6.20 Å². The lowest BCUT2D eigenvalue weighted by atomic mass is 10.2. The van der Waals surface area contributed by atoms with E-state index in [1.165, 1.54) is 0 Å². The fraction of sp³-hybridized carbons (Fsp3) is 0.222. The van der Waals surface area contributed by atoms with Crippen molar-refractivity contribution in [2.24, 2.45) is 0 Å². The molecule has 1 aromatic carbocycles. The molecule has 0 unspecified atom stereocenters. The molecular formula is C18H18N4O2S. The fourth-order valence-corrected chi connectivity index (χ4v) is 2.95. The lowest BCUT2D eigenvalue weighted by Gasteiger charge is -2.11. The van der Waals surface area contributed by atoms with Gasteiger partial charge in [0.25, 0.3) is 5.91 Å². The molecule has 0 radical (unpaired) electrons. The van der Waals surface area contributed by atoms with Gasteiger partial charge in [-0.1, -0.05) is 47.8 Å². The molecule has 3 rings (SSSR count). The summed E-state index contributed by atoms with van der Waals surface area (Å²) in [6, 6.07) is 13.6.